The molecule has 1 fully saturated rings. The molecule has 1 aliphatic rings. The van der Waals surface area contributed by atoms with Crippen molar-refractivity contribution in [1.29, 1.82) is 0 Å². The Hall–Kier alpha value is -3.81. The summed E-state index contributed by atoms with van der Waals surface area (Å²) < 4.78 is 10.4. The van der Waals surface area contributed by atoms with Gasteiger partial charge in [-0.2, -0.15) is 5.10 Å². The van der Waals surface area contributed by atoms with Gasteiger partial charge in [0.1, 0.15) is 11.4 Å². The van der Waals surface area contributed by atoms with Crippen LogP contribution in [0.3, 0.4) is 0 Å². The molecular weight excluding hydrogens is 396 g/mol. The van der Waals surface area contributed by atoms with Crippen LogP contribution in [0.2, 0.25) is 0 Å². The van der Waals surface area contributed by atoms with Gasteiger partial charge in [-0.25, -0.2) is 4.79 Å². The lowest BCUT2D eigenvalue weighted by Crippen LogP contribution is -2.49. The van der Waals surface area contributed by atoms with E-state index in [2.05, 4.69) is 15.1 Å². The Kier molecular flexibility index (Phi) is 6.16. The second kappa shape index (κ2) is 9.34. The monoisotopic (exact) mass is 420 g/mol. The fourth-order valence-electron chi connectivity index (χ4n) is 3.49. The molecule has 1 saturated heterocycles. The number of piperazine rings is 1. The molecule has 160 valence electrons. The number of rotatable bonds is 6. The highest BCUT2D eigenvalue weighted by atomic mass is 16.5. The van der Waals surface area contributed by atoms with Crippen LogP contribution in [0.1, 0.15) is 10.5 Å². The number of ether oxygens (including phenoxy) is 2. The van der Waals surface area contributed by atoms with Gasteiger partial charge < -0.3 is 19.3 Å². The highest BCUT2D eigenvalue weighted by molar-refractivity contribution is 5.90. The Morgan fingerprint density at radius 3 is 2.39 bits per heavy atom. The summed E-state index contributed by atoms with van der Waals surface area (Å²) in [4.78, 5) is 28.7. The summed E-state index contributed by atoms with van der Waals surface area (Å²) in [7, 11) is 1.64. The van der Waals surface area contributed by atoms with E-state index in [9.17, 15) is 9.59 Å². The molecule has 0 aliphatic carbocycles. The number of aromatic amines is 1. The van der Waals surface area contributed by atoms with E-state index < -0.39 is 5.97 Å². The molecule has 0 atom stereocenters. The van der Waals surface area contributed by atoms with Gasteiger partial charge in [-0.1, -0.05) is 30.3 Å². The lowest BCUT2D eigenvalue weighted by atomic mass is 10.1. The molecule has 0 bridgehead atoms. The second-order valence-corrected chi connectivity index (χ2v) is 7.17. The molecule has 0 unspecified atom stereocenters. The predicted octanol–water partition coefficient (Wildman–Crippen LogP) is 2.59. The van der Waals surface area contributed by atoms with Crippen molar-refractivity contribution < 1.29 is 19.1 Å². The van der Waals surface area contributed by atoms with Crippen LogP contribution in [-0.4, -0.2) is 66.9 Å². The zero-order valence-corrected chi connectivity index (χ0v) is 17.3. The van der Waals surface area contributed by atoms with E-state index in [1.807, 2.05) is 54.6 Å². The van der Waals surface area contributed by atoms with Gasteiger partial charge in [-0.05, 0) is 30.3 Å². The van der Waals surface area contributed by atoms with Crippen LogP contribution in [0.15, 0.2) is 60.7 Å². The lowest BCUT2D eigenvalue weighted by molar-refractivity contribution is -0.134. The third-order valence-electron chi connectivity index (χ3n) is 5.26. The molecule has 0 spiro atoms. The minimum atomic E-state index is -0.597. The van der Waals surface area contributed by atoms with Crippen LogP contribution < -0.4 is 9.64 Å². The van der Waals surface area contributed by atoms with Crippen molar-refractivity contribution in [2.45, 2.75) is 0 Å². The maximum absolute atomic E-state index is 12.5. The van der Waals surface area contributed by atoms with Crippen LogP contribution in [0.5, 0.6) is 5.75 Å². The molecule has 1 N–H and O–H groups in total. The van der Waals surface area contributed by atoms with Gasteiger partial charge in [-0.15, -0.1) is 0 Å². The second-order valence-electron chi connectivity index (χ2n) is 7.17. The molecule has 1 aliphatic heterocycles. The molecule has 8 nitrogen and oxygen atoms in total. The zero-order valence-electron chi connectivity index (χ0n) is 17.3. The van der Waals surface area contributed by atoms with Gasteiger partial charge in [0, 0.05) is 37.4 Å². The molecule has 31 heavy (non-hydrogen) atoms. The SMILES string of the molecule is COc1ccc(N2CCN(C(=O)COC(=O)c3cc(-c4ccccc4)n[nH]3)CC2)cc1. The smallest absolute Gasteiger partial charge is 0.356 e. The van der Waals surface area contributed by atoms with E-state index in [0.717, 1.165) is 17.0 Å². The summed E-state index contributed by atoms with van der Waals surface area (Å²) in [5, 5.41) is 6.81. The Morgan fingerprint density at radius 1 is 1.00 bits per heavy atom. The first-order valence-corrected chi connectivity index (χ1v) is 10.1. The molecule has 1 aromatic heterocycles. The van der Waals surface area contributed by atoms with E-state index in [1.165, 1.54) is 0 Å². The van der Waals surface area contributed by atoms with E-state index in [4.69, 9.17) is 9.47 Å². The summed E-state index contributed by atoms with van der Waals surface area (Å²) in [6.45, 7) is 2.29. The molecule has 3 aromatic rings. The van der Waals surface area contributed by atoms with E-state index >= 15 is 0 Å². The lowest BCUT2D eigenvalue weighted by Gasteiger charge is -2.36. The molecule has 1 amide bonds. The van der Waals surface area contributed by atoms with Crippen molar-refractivity contribution in [2.75, 3.05) is 44.8 Å². The number of nitrogens with one attached hydrogen (secondary N) is 1. The van der Waals surface area contributed by atoms with Crippen molar-refractivity contribution in [2.24, 2.45) is 0 Å². The van der Waals surface area contributed by atoms with E-state index in [1.54, 1.807) is 18.1 Å². The number of carbonyl (C=O) groups excluding carboxylic acids is 2. The van der Waals surface area contributed by atoms with Crippen molar-refractivity contribution in [3.8, 4) is 17.0 Å². The molecule has 4 rings (SSSR count). The molecule has 2 heterocycles. The van der Waals surface area contributed by atoms with Crippen molar-refractivity contribution in [3.63, 3.8) is 0 Å². The number of carbonyl (C=O) groups is 2. The number of esters is 1. The fraction of sp³-hybridized carbons (Fsp3) is 0.261. The summed E-state index contributed by atoms with van der Waals surface area (Å²) in [6, 6.07) is 19.0. The van der Waals surface area contributed by atoms with Crippen LogP contribution in [0.4, 0.5) is 5.69 Å². The first-order valence-electron chi connectivity index (χ1n) is 10.1. The third-order valence-corrected chi connectivity index (χ3v) is 5.26. The number of amides is 1. The standard InChI is InChI=1S/C23H24N4O4/c1-30-19-9-7-18(8-10-19)26-11-13-27(14-12-26)22(28)16-31-23(29)21-15-20(24-25-21)17-5-3-2-4-6-17/h2-10,15H,11-14,16H2,1H3,(H,24,25). The maximum atomic E-state index is 12.5. The number of aromatic nitrogens is 2. The minimum Gasteiger partial charge on any atom is -0.497 e. The summed E-state index contributed by atoms with van der Waals surface area (Å²) in [5.41, 5.74) is 2.85. The zero-order chi connectivity index (χ0) is 21.6. The Morgan fingerprint density at radius 2 is 1.71 bits per heavy atom. The Labute approximate surface area is 180 Å². The Balaban J connectivity index is 1.26. The number of hydrogen-bond donors (Lipinski definition) is 1. The molecular formula is C23H24N4O4. The van der Waals surface area contributed by atoms with Crippen LogP contribution in [0, 0.1) is 0 Å². The number of nitrogens with zero attached hydrogens (tertiary/aromatic N) is 3. The number of hydrogen-bond acceptors (Lipinski definition) is 6. The van der Waals surface area contributed by atoms with E-state index in [0.29, 0.717) is 31.9 Å². The summed E-state index contributed by atoms with van der Waals surface area (Å²) >= 11 is 0. The summed E-state index contributed by atoms with van der Waals surface area (Å²) in [6.07, 6.45) is 0. The highest BCUT2D eigenvalue weighted by Gasteiger charge is 2.23. The average molecular weight is 420 g/mol. The topological polar surface area (TPSA) is 87.8 Å². The van der Waals surface area contributed by atoms with Gasteiger partial charge in [0.05, 0.1) is 12.8 Å². The number of methoxy groups -OCH3 is 1. The molecule has 8 heteroatoms. The summed E-state index contributed by atoms with van der Waals surface area (Å²) in [5.74, 6) is 0.0120. The van der Waals surface area contributed by atoms with Crippen molar-refractivity contribution in [3.05, 3.63) is 66.4 Å². The van der Waals surface area contributed by atoms with E-state index in [-0.39, 0.29) is 18.2 Å². The molecule has 0 radical (unpaired) electrons. The number of anilines is 1. The first-order chi connectivity index (χ1) is 15.1. The van der Waals surface area contributed by atoms with Crippen LogP contribution in [0.25, 0.3) is 11.3 Å². The first kappa shape index (κ1) is 20.5. The normalized spacial score (nSPS) is 13.7. The Bertz CT molecular complexity index is 1030. The van der Waals surface area contributed by atoms with Gasteiger partial charge in [0.2, 0.25) is 0 Å². The largest absolute Gasteiger partial charge is 0.497 e. The van der Waals surface area contributed by atoms with Gasteiger partial charge in [0.15, 0.2) is 6.61 Å². The van der Waals surface area contributed by atoms with Crippen LogP contribution in [-0.2, 0) is 9.53 Å². The number of H-pyrrole nitrogens is 1. The van der Waals surface area contributed by atoms with Gasteiger partial charge in [-0.3, -0.25) is 9.89 Å². The van der Waals surface area contributed by atoms with Gasteiger partial charge in [0.25, 0.3) is 5.91 Å². The highest BCUT2D eigenvalue weighted by Crippen LogP contribution is 2.21. The number of benzene rings is 2. The quantitative estimate of drug-likeness (QED) is 0.617. The minimum absolute atomic E-state index is 0.203. The van der Waals surface area contributed by atoms with Crippen molar-refractivity contribution >= 4 is 17.6 Å². The van der Waals surface area contributed by atoms with Gasteiger partial charge >= 0.3 is 5.97 Å². The van der Waals surface area contributed by atoms with Crippen molar-refractivity contribution in [1.82, 2.24) is 15.1 Å². The molecule has 2 aromatic carbocycles. The average Bonchev–Trinajstić information content (AvgIpc) is 3.34. The molecule has 0 saturated carbocycles. The maximum Gasteiger partial charge on any atom is 0.356 e. The fourth-order valence-corrected chi connectivity index (χ4v) is 3.49. The third kappa shape index (κ3) is 4.85. The van der Waals surface area contributed by atoms with Crippen LogP contribution >= 0.6 is 0 Å². The predicted molar refractivity (Wildman–Crippen MR) is 116 cm³/mol.